The third kappa shape index (κ3) is 4.46. The number of aliphatic hydroxyl groups is 1. The Morgan fingerprint density at radius 2 is 1.42 bits per heavy atom. The smallest absolute Gasteiger partial charge is 0.358 e. The molecule has 0 unspecified atom stereocenters. The van der Waals surface area contributed by atoms with E-state index in [0.717, 1.165) is 11.4 Å². The van der Waals surface area contributed by atoms with Gasteiger partial charge in [0.05, 0.1) is 34.2 Å². The molecule has 0 aliphatic heterocycles. The number of ether oxygens (including phenoxy) is 2. The van der Waals surface area contributed by atoms with Crippen LogP contribution >= 0.6 is 0 Å². The number of aromatic nitrogens is 4. The average Bonchev–Trinajstić information content (AvgIpc) is 3.17. The van der Waals surface area contributed by atoms with E-state index in [4.69, 9.17) is 0 Å². The van der Waals surface area contributed by atoms with E-state index in [1.54, 1.807) is 21.5 Å². The molecule has 0 saturated carbocycles. The summed E-state index contributed by atoms with van der Waals surface area (Å²) < 4.78 is 12.6. The Bertz CT molecular complexity index is 720. The summed E-state index contributed by atoms with van der Waals surface area (Å²) in [6, 6.07) is 3.27. The summed E-state index contributed by atoms with van der Waals surface area (Å²) in [5, 5.41) is 17.8. The normalized spacial score (nSPS) is 11.0. The van der Waals surface area contributed by atoms with E-state index in [0.29, 0.717) is 19.9 Å². The number of methoxy groups -OCH3 is 2. The lowest BCUT2D eigenvalue weighted by atomic mass is 10.4. The quantitative estimate of drug-likeness (QED) is 0.660. The van der Waals surface area contributed by atoms with Gasteiger partial charge in [-0.25, -0.2) is 9.59 Å². The van der Waals surface area contributed by atoms with Gasteiger partial charge in [0.15, 0.2) is 11.4 Å². The lowest BCUT2D eigenvalue weighted by Gasteiger charge is -2.22. The van der Waals surface area contributed by atoms with Crippen molar-refractivity contribution in [3.05, 3.63) is 34.9 Å². The second-order valence-electron chi connectivity index (χ2n) is 5.73. The monoisotopic (exact) mass is 365 g/mol. The zero-order valence-electron chi connectivity index (χ0n) is 15.3. The number of hydrogen-bond acceptors (Lipinski definition) is 8. The van der Waals surface area contributed by atoms with Crippen molar-refractivity contribution >= 4 is 11.9 Å². The summed E-state index contributed by atoms with van der Waals surface area (Å²) in [4.78, 5) is 25.1. The molecule has 1 N–H and O–H groups in total. The zero-order chi connectivity index (χ0) is 19.3. The second kappa shape index (κ2) is 8.59. The Kier molecular flexibility index (Phi) is 6.47. The third-order valence-electron chi connectivity index (χ3n) is 3.84. The van der Waals surface area contributed by atoms with Crippen molar-refractivity contribution in [2.75, 3.05) is 27.4 Å². The highest BCUT2D eigenvalue weighted by Gasteiger charge is 2.17. The zero-order valence-corrected chi connectivity index (χ0v) is 15.3. The summed E-state index contributed by atoms with van der Waals surface area (Å²) in [7, 11) is 2.60. The van der Waals surface area contributed by atoms with Crippen molar-refractivity contribution in [2.45, 2.75) is 27.2 Å². The number of esters is 2. The summed E-state index contributed by atoms with van der Waals surface area (Å²) in [5.41, 5.74) is 2.00. The Balaban J connectivity index is 2.17. The summed E-state index contributed by atoms with van der Waals surface area (Å²) >= 11 is 0. The number of hydrogen-bond donors (Lipinski definition) is 1. The first-order valence-corrected chi connectivity index (χ1v) is 7.98. The first kappa shape index (κ1) is 19.6. The maximum atomic E-state index is 11.6. The molecule has 0 fully saturated rings. The molecule has 0 aliphatic rings. The Hall–Kier alpha value is -2.72. The fourth-order valence-electron chi connectivity index (χ4n) is 2.42. The first-order valence-electron chi connectivity index (χ1n) is 7.98. The van der Waals surface area contributed by atoms with Crippen LogP contribution in [-0.2, 0) is 22.8 Å². The van der Waals surface area contributed by atoms with Crippen LogP contribution in [0.25, 0.3) is 0 Å². The van der Waals surface area contributed by atoms with E-state index in [1.165, 1.54) is 14.2 Å². The molecule has 0 atom stereocenters. The summed E-state index contributed by atoms with van der Waals surface area (Å²) in [6.45, 7) is 4.61. The molecule has 2 heterocycles. The van der Waals surface area contributed by atoms with Crippen LogP contribution < -0.4 is 0 Å². The minimum absolute atomic E-state index is 0.0612. The van der Waals surface area contributed by atoms with Crippen LogP contribution in [0, 0.1) is 13.8 Å². The largest absolute Gasteiger partial charge is 0.464 e. The SMILES string of the molecule is COC(=O)c1cc(C)n(CN(CCO)Cn2nc(C(=O)OC)cc2C)n1. The molecule has 0 radical (unpaired) electrons. The van der Waals surface area contributed by atoms with E-state index >= 15 is 0 Å². The highest BCUT2D eigenvalue weighted by molar-refractivity contribution is 5.87. The minimum atomic E-state index is -0.508. The van der Waals surface area contributed by atoms with Gasteiger partial charge in [-0.3, -0.25) is 14.3 Å². The van der Waals surface area contributed by atoms with E-state index in [2.05, 4.69) is 19.7 Å². The number of aliphatic hydroxyl groups excluding tert-OH is 1. The van der Waals surface area contributed by atoms with Gasteiger partial charge in [0, 0.05) is 17.9 Å². The van der Waals surface area contributed by atoms with Crippen molar-refractivity contribution in [1.82, 2.24) is 24.5 Å². The van der Waals surface area contributed by atoms with Gasteiger partial charge < -0.3 is 14.6 Å². The number of carbonyl (C=O) groups excluding carboxylic acids is 2. The van der Waals surface area contributed by atoms with Gasteiger partial charge in [-0.15, -0.1) is 0 Å². The molecule has 0 saturated heterocycles. The molecular formula is C16H23N5O5. The maximum Gasteiger partial charge on any atom is 0.358 e. The van der Waals surface area contributed by atoms with Crippen molar-refractivity contribution < 1.29 is 24.2 Å². The second-order valence-corrected chi connectivity index (χ2v) is 5.73. The van der Waals surface area contributed by atoms with Gasteiger partial charge in [-0.1, -0.05) is 0 Å². The van der Waals surface area contributed by atoms with E-state index < -0.39 is 11.9 Å². The highest BCUT2D eigenvalue weighted by atomic mass is 16.5. The molecule has 0 amide bonds. The summed E-state index contributed by atoms with van der Waals surface area (Å²) in [6.07, 6.45) is 0. The van der Waals surface area contributed by atoms with E-state index in [1.807, 2.05) is 18.7 Å². The van der Waals surface area contributed by atoms with Gasteiger partial charge in [-0.2, -0.15) is 10.2 Å². The molecule has 2 rings (SSSR count). The predicted octanol–water partition coefficient (Wildman–Crippen LogP) is 0.179. The van der Waals surface area contributed by atoms with Crippen molar-refractivity contribution in [3.8, 4) is 0 Å². The van der Waals surface area contributed by atoms with Gasteiger partial charge >= 0.3 is 11.9 Å². The molecule has 2 aromatic rings. The molecule has 0 aliphatic carbocycles. The standard InChI is InChI=1S/C16H23N5O5/c1-11-7-13(15(23)25-3)17-20(11)9-19(5-6-22)10-21-12(2)8-14(18-21)16(24)26-4/h7-8,22H,5-6,9-10H2,1-4H3. The van der Waals surface area contributed by atoms with Crippen LogP contribution in [0.3, 0.4) is 0 Å². The average molecular weight is 365 g/mol. The van der Waals surface area contributed by atoms with Gasteiger partial charge in [0.2, 0.25) is 0 Å². The van der Waals surface area contributed by atoms with Crippen LogP contribution in [0.15, 0.2) is 12.1 Å². The number of rotatable bonds is 8. The molecule has 10 nitrogen and oxygen atoms in total. The van der Waals surface area contributed by atoms with Crippen LogP contribution in [0.1, 0.15) is 32.4 Å². The van der Waals surface area contributed by atoms with Crippen molar-refractivity contribution in [3.63, 3.8) is 0 Å². The van der Waals surface area contributed by atoms with Crippen LogP contribution in [-0.4, -0.2) is 68.9 Å². The first-order chi connectivity index (χ1) is 12.4. The molecule has 26 heavy (non-hydrogen) atoms. The van der Waals surface area contributed by atoms with Gasteiger partial charge in [0.25, 0.3) is 0 Å². The molecule has 142 valence electrons. The van der Waals surface area contributed by atoms with Gasteiger partial charge in [0.1, 0.15) is 0 Å². The fourth-order valence-corrected chi connectivity index (χ4v) is 2.42. The van der Waals surface area contributed by atoms with E-state index in [9.17, 15) is 14.7 Å². The van der Waals surface area contributed by atoms with Crippen molar-refractivity contribution in [1.29, 1.82) is 0 Å². The lowest BCUT2D eigenvalue weighted by Crippen LogP contribution is -2.33. The molecule has 0 spiro atoms. The minimum Gasteiger partial charge on any atom is -0.464 e. The van der Waals surface area contributed by atoms with E-state index in [-0.39, 0.29) is 18.0 Å². The Morgan fingerprint density at radius 3 is 1.77 bits per heavy atom. The predicted molar refractivity (Wildman–Crippen MR) is 90.4 cm³/mol. The topological polar surface area (TPSA) is 112 Å². The van der Waals surface area contributed by atoms with Crippen LogP contribution in [0.2, 0.25) is 0 Å². The third-order valence-corrected chi connectivity index (χ3v) is 3.84. The number of nitrogens with zero attached hydrogens (tertiary/aromatic N) is 5. The van der Waals surface area contributed by atoms with Gasteiger partial charge in [-0.05, 0) is 26.0 Å². The molecule has 2 aromatic heterocycles. The fraction of sp³-hybridized carbons (Fsp3) is 0.500. The maximum absolute atomic E-state index is 11.6. The summed E-state index contributed by atoms with van der Waals surface area (Å²) in [5.74, 6) is -1.02. The highest BCUT2D eigenvalue weighted by Crippen LogP contribution is 2.09. The number of aryl methyl sites for hydroxylation is 2. The number of carbonyl (C=O) groups is 2. The molecule has 0 bridgehead atoms. The van der Waals surface area contributed by atoms with Crippen molar-refractivity contribution in [2.24, 2.45) is 0 Å². The molecular weight excluding hydrogens is 342 g/mol. The molecule has 10 heteroatoms. The lowest BCUT2D eigenvalue weighted by molar-refractivity contribution is 0.0584. The van der Waals surface area contributed by atoms with Crippen LogP contribution in [0.4, 0.5) is 0 Å². The molecule has 0 aromatic carbocycles. The Morgan fingerprint density at radius 1 is 1.00 bits per heavy atom. The van der Waals surface area contributed by atoms with Crippen LogP contribution in [0.5, 0.6) is 0 Å². The Labute approximate surface area is 150 Å².